The number of hydrogen-bond acceptors (Lipinski definition) is 1. The molecule has 1 rings (SSSR count). The molecule has 0 aliphatic heterocycles. The van der Waals surface area contributed by atoms with Gasteiger partial charge in [-0.3, -0.25) is 0 Å². The summed E-state index contributed by atoms with van der Waals surface area (Å²) in [6, 6.07) is 0.0556. The molecular formula is C9H19F2N. The summed E-state index contributed by atoms with van der Waals surface area (Å²) in [5, 5.41) is 3.02. The van der Waals surface area contributed by atoms with Gasteiger partial charge < -0.3 is 5.32 Å². The number of alkyl halides is 2. The first-order valence-electron chi connectivity index (χ1n) is 4.75. The fraction of sp³-hybridized carbons (Fsp3) is 1.00. The number of rotatable bonds is 2. The van der Waals surface area contributed by atoms with Crippen LogP contribution in [0.2, 0.25) is 0 Å². The van der Waals surface area contributed by atoms with Gasteiger partial charge in [-0.1, -0.05) is 20.8 Å². The third-order valence-electron chi connectivity index (χ3n) is 1.90. The van der Waals surface area contributed by atoms with E-state index in [0.29, 0.717) is 6.42 Å². The molecule has 1 saturated carbocycles. The zero-order chi connectivity index (χ0) is 9.61. The molecule has 0 saturated heterocycles. The van der Waals surface area contributed by atoms with E-state index in [-0.39, 0.29) is 18.9 Å². The quantitative estimate of drug-likeness (QED) is 0.687. The molecular weight excluding hydrogens is 160 g/mol. The number of nitrogens with one attached hydrogen (secondary N) is 1. The molecule has 1 nitrogen and oxygen atoms in total. The Bertz CT molecular complexity index is 115. The lowest BCUT2D eigenvalue weighted by atomic mass is 10.2. The van der Waals surface area contributed by atoms with Crippen molar-refractivity contribution in [3.8, 4) is 0 Å². The Labute approximate surface area is 73.5 Å². The van der Waals surface area contributed by atoms with Crippen molar-refractivity contribution >= 4 is 0 Å². The molecule has 3 heteroatoms. The molecule has 0 amide bonds. The molecule has 0 radical (unpaired) electrons. The van der Waals surface area contributed by atoms with Crippen LogP contribution in [0.25, 0.3) is 0 Å². The monoisotopic (exact) mass is 179 g/mol. The van der Waals surface area contributed by atoms with Gasteiger partial charge in [0.05, 0.1) is 0 Å². The number of halogens is 2. The molecule has 1 atom stereocenters. The topological polar surface area (TPSA) is 12.0 Å². The SMILES string of the molecule is CC.CCNC1CCC(F)(F)C1. The van der Waals surface area contributed by atoms with Gasteiger partial charge in [0, 0.05) is 18.9 Å². The molecule has 74 valence electrons. The predicted molar refractivity (Wildman–Crippen MR) is 47.6 cm³/mol. The van der Waals surface area contributed by atoms with Gasteiger partial charge >= 0.3 is 0 Å². The van der Waals surface area contributed by atoms with Crippen molar-refractivity contribution in [2.75, 3.05) is 6.54 Å². The molecule has 0 aromatic carbocycles. The maximum Gasteiger partial charge on any atom is 0.249 e. The van der Waals surface area contributed by atoms with E-state index in [1.165, 1.54) is 0 Å². The maximum absolute atomic E-state index is 12.5. The van der Waals surface area contributed by atoms with Crippen LogP contribution in [0, 0.1) is 0 Å². The Morgan fingerprint density at radius 2 is 2.00 bits per heavy atom. The Kier molecular flexibility index (Phi) is 5.38. The molecule has 0 bridgehead atoms. The summed E-state index contributed by atoms with van der Waals surface area (Å²) in [4.78, 5) is 0. The summed E-state index contributed by atoms with van der Waals surface area (Å²) in [6.07, 6.45) is 0.715. The van der Waals surface area contributed by atoms with Crippen LogP contribution in [0.5, 0.6) is 0 Å². The molecule has 0 aromatic rings. The van der Waals surface area contributed by atoms with Gasteiger partial charge in [-0.25, -0.2) is 8.78 Å². The van der Waals surface area contributed by atoms with Gasteiger partial charge in [0.2, 0.25) is 5.92 Å². The summed E-state index contributed by atoms with van der Waals surface area (Å²) in [7, 11) is 0. The lowest BCUT2D eigenvalue weighted by Crippen LogP contribution is -2.27. The van der Waals surface area contributed by atoms with E-state index in [1.807, 2.05) is 20.8 Å². The Morgan fingerprint density at radius 1 is 1.42 bits per heavy atom. The standard InChI is InChI=1S/C7H13F2N.C2H6/c1-2-10-6-3-4-7(8,9)5-6;1-2/h6,10H,2-5H2,1H3;1-2H3. The molecule has 1 N–H and O–H groups in total. The smallest absolute Gasteiger partial charge is 0.249 e. The van der Waals surface area contributed by atoms with Crippen LogP contribution >= 0.6 is 0 Å². The van der Waals surface area contributed by atoms with E-state index in [2.05, 4.69) is 5.32 Å². The summed E-state index contributed by atoms with van der Waals surface area (Å²) < 4.78 is 25.0. The Hall–Kier alpha value is -0.180. The lowest BCUT2D eigenvalue weighted by Gasteiger charge is -2.10. The van der Waals surface area contributed by atoms with E-state index in [1.54, 1.807) is 0 Å². The highest BCUT2D eigenvalue weighted by molar-refractivity contribution is 4.85. The fourth-order valence-electron chi connectivity index (χ4n) is 1.41. The zero-order valence-corrected chi connectivity index (χ0v) is 8.16. The Morgan fingerprint density at radius 3 is 2.33 bits per heavy atom. The minimum atomic E-state index is -2.40. The molecule has 0 aromatic heterocycles. The average molecular weight is 179 g/mol. The first-order valence-corrected chi connectivity index (χ1v) is 4.75. The van der Waals surface area contributed by atoms with E-state index in [4.69, 9.17) is 0 Å². The fourth-order valence-corrected chi connectivity index (χ4v) is 1.41. The van der Waals surface area contributed by atoms with Crippen LogP contribution in [0.4, 0.5) is 8.78 Å². The second kappa shape index (κ2) is 5.46. The van der Waals surface area contributed by atoms with Crippen molar-refractivity contribution in [1.82, 2.24) is 5.32 Å². The van der Waals surface area contributed by atoms with E-state index in [9.17, 15) is 8.78 Å². The largest absolute Gasteiger partial charge is 0.314 e. The normalized spacial score (nSPS) is 26.2. The van der Waals surface area contributed by atoms with Gasteiger partial charge in [0.15, 0.2) is 0 Å². The van der Waals surface area contributed by atoms with E-state index >= 15 is 0 Å². The molecule has 1 aliphatic carbocycles. The highest BCUT2D eigenvalue weighted by atomic mass is 19.3. The van der Waals surface area contributed by atoms with Crippen LogP contribution in [0.1, 0.15) is 40.0 Å². The van der Waals surface area contributed by atoms with Crippen molar-refractivity contribution in [2.45, 2.75) is 52.0 Å². The molecule has 1 aliphatic rings. The predicted octanol–water partition coefficient (Wildman–Crippen LogP) is 2.81. The van der Waals surface area contributed by atoms with Crippen molar-refractivity contribution in [2.24, 2.45) is 0 Å². The third-order valence-corrected chi connectivity index (χ3v) is 1.90. The highest BCUT2D eigenvalue weighted by Crippen LogP contribution is 2.34. The first kappa shape index (κ1) is 11.8. The van der Waals surface area contributed by atoms with Crippen LogP contribution in [-0.4, -0.2) is 18.5 Å². The number of hydrogen-bond donors (Lipinski definition) is 1. The molecule has 1 fully saturated rings. The molecule has 12 heavy (non-hydrogen) atoms. The van der Waals surface area contributed by atoms with Gasteiger partial charge in [-0.05, 0) is 13.0 Å². The van der Waals surface area contributed by atoms with Gasteiger partial charge in [-0.2, -0.15) is 0 Å². The highest BCUT2D eigenvalue weighted by Gasteiger charge is 2.38. The van der Waals surface area contributed by atoms with Crippen LogP contribution < -0.4 is 5.32 Å². The third kappa shape index (κ3) is 4.00. The van der Waals surface area contributed by atoms with Gasteiger partial charge in [-0.15, -0.1) is 0 Å². The summed E-state index contributed by atoms with van der Waals surface area (Å²) in [5.41, 5.74) is 0. The van der Waals surface area contributed by atoms with Crippen molar-refractivity contribution < 1.29 is 8.78 Å². The molecule has 0 spiro atoms. The van der Waals surface area contributed by atoms with Crippen molar-refractivity contribution in [1.29, 1.82) is 0 Å². The van der Waals surface area contributed by atoms with Gasteiger partial charge in [0.25, 0.3) is 0 Å². The minimum Gasteiger partial charge on any atom is -0.314 e. The summed E-state index contributed by atoms with van der Waals surface area (Å²) in [6.45, 7) is 6.73. The van der Waals surface area contributed by atoms with Crippen LogP contribution in [0.3, 0.4) is 0 Å². The molecule has 1 unspecified atom stereocenters. The van der Waals surface area contributed by atoms with Crippen LogP contribution in [-0.2, 0) is 0 Å². The molecule has 0 heterocycles. The maximum atomic E-state index is 12.5. The zero-order valence-electron chi connectivity index (χ0n) is 8.16. The second-order valence-corrected chi connectivity index (χ2v) is 2.85. The first-order chi connectivity index (χ1) is 5.64. The van der Waals surface area contributed by atoms with Crippen molar-refractivity contribution in [3.63, 3.8) is 0 Å². The summed E-state index contributed by atoms with van der Waals surface area (Å²) in [5.74, 6) is -2.40. The Balaban J connectivity index is 0.000000561. The average Bonchev–Trinajstić information content (AvgIpc) is 2.35. The van der Waals surface area contributed by atoms with E-state index in [0.717, 1.165) is 6.54 Å². The lowest BCUT2D eigenvalue weighted by molar-refractivity contribution is 0.00699. The summed E-state index contributed by atoms with van der Waals surface area (Å²) >= 11 is 0. The van der Waals surface area contributed by atoms with E-state index < -0.39 is 5.92 Å². The minimum absolute atomic E-state index is 0.0286. The van der Waals surface area contributed by atoms with Crippen LogP contribution in [0.15, 0.2) is 0 Å². The van der Waals surface area contributed by atoms with Crippen molar-refractivity contribution in [3.05, 3.63) is 0 Å². The second-order valence-electron chi connectivity index (χ2n) is 2.85. The van der Waals surface area contributed by atoms with Gasteiger partial charge in [0.1, 0.15) is 0 Å².